The Kier molecular flexibility index (Phi) is 7.17. The lowest BCUT2D eigenvalue weighted by Gasteiger charge is -2.27. The number of amides is 1. The van der Waals surface area contributed by atoms with Gasteiger partial charge in [-0.15, -0.1) is 0 Å². The van der Waals surface area contributed by atoms with Crippen molar-refractivity contribution in [3.8, 4) is 0 Å². The number of morpholine rings is 1. The average Bonchev–Trinajstić information content (AvgIpc) is 2.68. The highest BCUT2D eigenvalue weighted by molar-refractivity contribution is 7.92. The molecule has 2 aromatic rings. The second kappa shape index (κ2) is 9.33. The monoisotopic (exact) mass is 496 g/mol. The highest BCUT2D eigenvalue weighted by Crippen LogP contribution is 2.31. The molecule has 0 bridgehead atoms. The summed E-state index contributed by atoms with van der Waals surface area (Å²) in [7, 11) is -4.37. The van der Waals surface area contributed by atoms with Crippen LogP contribution in [0.5, 0.6) is 0 Å². The number of rotatable bonds is 5. The molecular formula is C19H17Cl2F3N2O4S. The van der Waals surface area contributed by atoms with E-state index < -0.39 is 39.1 Å². The second-order valence-electron chi connectivity index (χ2n) is 6.87. The van der Waals surface area contributed by atoms with Gasteiger partial charge < -0.3 is 4.74 Å². The smallest absolute Gasteiger partial charge is 0.273 e. The first-order chi connectivity index (χ1) is 14.5. The standard InChI is InChI=1S/C19H17Cl2F3N2O4S/c1-31(28,29)26(12-7-16(22)18(24)17(23)8-12)19(27)13-6-11(14(20)9-15(13)21)10-25-2-4-30-5-3-25/h6-9H,2-5,10H2,1H3. The minimum atomic E-state index is -4.37. The molecule has 1 amide bonds. The predicted octanol–water partition coefficient (Wildman–Crippen LogP) is 3.85. The zero-order valence-corrected chi connectivity index (χ0v) is 18.5. The Bertz CT molecular complexity index is 1100. The summed E-state index contributed by atoms with van der Waals surface area (Å²) in [5.74, 6) is -6.25. The number of hydrogen-bond donors (Lipinski definition) is 0. The normalized spacial score (nSPS) is 15.2. The summed E-state index contributed by atoms with van der Waals surface area (Å²) in [5.41, 5.74) is -0.448. The van der Waals surface area contributed by atoms with Gasteiger partial charge >= 0.3 is 0 Å². The number of nitrogens with zero attached hydrogens (tertiary/aromatic N) is 2. The number of anilines is 1. The molecule has 3 rings (SSSR count). The van der Waals surface area contributed by atoms with E-state index in [2.05, 4.69) is 0 Å². The van der Waals surface area contributed by atoms with Crippen molar-refractivity contribution >= 4 is 44.8 Å². The Labute approximate surface area is 187 Å². The van der Waals surface area contributed by atoms with Crippen molar-refractivity contribution in [1.29, 1.82) is 0 Å². The molecule has 1 fully saturated rings. The summed E-state index contributed by atoms with van der Waals surface area (Å²) in [6, 6.07) is 3.45. The van der Waals surface area contributed by atoms with Crippen LogP contribution >= 0.6 is 23.2 Å². The average molecular weight is 497 g/mol. The highest BCUT2D eigenvalue weighted by Gasteiger charge is 2.31. The molecule has 1 aliphatic heterocycles. The zero-order chi connectivity index (χ0) is 22.9. The molecule has 1 aliphatic rings. The van der Waals surface area contributed by atoms with Gasteiger partial charge in [0, 0.05) is 36.8 Å². The summed E-state index contributed by atoms with van der Waals surface area (Å²) >= 11 is 12.4. The molecule has 1 heterocycles. The third-order valence-electron chi connectivity index (χ3n) is 4.58. The Morgan fingerprint density at radius 2 is 1.65 bits per heavy atom. The predicted molar refractivity (Wildman–Crippen MR) is 111 cm³/mol. The van der Waals surface area contributed by atoms with Gasteiger partial charge in [0.15, 0.2) is 17.5 Å². The van der Waals surface area contributed by atoms with Crippen LogP contribution in [0.4, 0.5) is 18.9 Å². The van der Waals surface area contributed by atoms with Crippen LogP contribution in [0.2, 0.25) is 10.0 Å². The molecule has 31 heavy (non-hydrogen) atoms. The lowest BCUT2D eigenvalue weighted by atomic mass is 10.1. The van der Waals surface area contributed by atoms with Crippen molar-refractivity contribution in [2.24, 2.45) is 0 Å². The third-order valence-corrected chi connectivity index (χ3v) is 6.29. The zero-order valence-electron chi connectivity index (χ0n) is 16.2. The Balaban J connectivity index is 2.04. The number of hydrogen-bond acceptors (Lipinski definition) is 5. The minimum Gasteiger partial charge on any atom is -0.379 e. The number of sulfonamides is 1. The first kappa shape index (κ1) is 23.8. The first-order valence-electron chi connectivity index (χ1n) is 8.96. The SMILES string of the molecule is CS(=O)(=O)N(C(=O)c1cc(CN2CCOCC2)c(Cl)cc1Cl)c1cc(F)c(F)c(F)c1. The maximum atomic E-state index is 13.7. The lowest BCUT2D eigenvalue weighted by molar-refractivity contribution is 0.0342. The molecule has 0 unspecified atom stereocenters. The van der Waals surface area contributed by atoms with Crippen LogP contribution in [0, 0.1) is 17.5 Å². The van der Waals surface area contributed by atoms with Gasteiger partial charge in [-0.1, -0.05) is 23.2 Å². The van der Waals surface area contributed by atoms with E-state index in [-0.39, 0.29) is 19.9 Å². The van der Waals surface area contributed by atoms with Gasteiger partial charge in [0.25, 0.3) is 5.91 Å². The van der Waals surface area contributed by atoms with Crippen molar-refractivity contribution in [2.75, 3.05) is 36.9 Å². The van der Waals surface area contributed by atoms with E-state index in [4.69, 9.17) is 27.9 Å². The van der Waals surface area contributed by atoms with E-state index in [9.17, 15) is 26.4 Å². The van der Waals surface area contributed by atoms with E-state index in [1.165, 1.54) is 12.1 Å². The number of benzene rings is 2. The van der Waals surface area contributed by atoms with Gasteiger partial charge in [-0.25, -0.2) is 25.9 Å². The van der Waals surface area contributed by atoms with Gasteiger partial charge in [0.1, 0.15) is 0 Å². The highest BCUT2D eigenvalue weighted by atomic mass is 35.5. The summed E-state index contributed by atoms with van der Waals surface area (Å²) < 4.78 is 70.8. The van der Waals surface area contributed by atoms with E-state index >= 15 is 0 Å². The molecule has 0 aliphatic carbocycles. The molecular weight excluding hydrogens is 480 g/mol. The van der Waals surface area contributed by atoms with Crippen LogP contribution in [0.15, 0.2) is 24.3 Å². The van der Waals surface area contributed by atoms with Gasteiger partial charge in [-0.05, 0) is 17.7 Å². The van der Waals surface area contributed by atoms with Gasteiger partial charge in [0.05, 0.1) is 35.7 Å². The molecule has 12 heteroatoms. The molecule has 168 valence electrons. The Morgan fingerprint density at radius 1 is 1.06 bits per heavy atom. The van der Waals surface area contributed by atoms with Crippen molar-refractivity contribution in [2.45, 2.75) is 6.54 Å². The Morgan fingerprint density at radius 3 is 2.19 bits per heavy atom. The number of carbonyl (C=O) groups excluding carboxylic acids is 1. The molecule has 0 aromatic heterocycles. The van der Waals surface area contributed by atoms with Crippen LogP contribution in [-0.4, -0.2) is 51.8 Å². The summed E-state index contributed by atoms with van der Waals surface area (Å²) in [6.07, 6.45) is 0.669. The van der Waals surface area contributed by atoms with Crippen molar-refractivity contribution in [3.63, 3.8) is 0 Å². The van der Waals surface area contributed by atoms with E-state index in [1.54, 1.807) is 0 Å². The van der Waals surface area contributed by atoms with E-state index in [0.717, 1.165) is 0 Å². The Hall–Kier alpha value is -1.85. The van der Waals surface area contributed by atoms with E-state index in [0.29, 0.717) is 56.8 Å². The maximum Gasteiger partial charge on any atom is 0.273 e. The minimum absolute atomic E-state index is 0.155. The first-order valence-corrected chi connectivity index (χ1v) is 11.6. The number of carbonyl (C=O) groups is 1. The molecule has 0 atom stereocenters. The molecule has 0 N–H and O–H groups in total. The molecule has 0 spiro atoms. The summed E-state index contributed by atoms with van der Waals surface area (Å²) in [4.78, 5) is 15.1. The fraction of sp³-hybridized carbons (Fsp3) is 0.316. The third kappa shape index (κ3) is 5.32. The molecule has 1 saturated heterocycles. The summed E-state index contributed by atoms with van der Waals surface area (Å²) in [6.45, 7) is 2.66. The molecule has 0 radical (unpaired) electrons. The van der Waals surface area contributed by atoms with Crippen LogP contribution in [-0.2, 0) is 21.3 Å². The number of halogens is 5. The van der Waals surface area contributed by atoms with Crippen molar-refractivity contribution in [3.05, 3.63) is 62.9 Å². The van der Waals surface area contributed by atoms with Crippen LogP contribution in [0.25, 0.3) is 0 Å². The van der Waals surface area contributed by atoms with Gasteiger partial charge in [0.2, 0.25) is 10.0 Å². The molecule has 0 saturated carbocycles. The maximum absolute atomic E-state index is 13.7. The van der Waals surface area contributed by atoms with Crippen molar-refractivity contribution in [1.82, 2.24) is 4.90 Å². The molecule has 6 nitrogen and oxygen atoms in total. The van der Waals surface area contributed by atoms with Crippen molar-refractivity contribution < 1.29 is 31.1 Å². The second-order valence-corrected chi connectivity index (χ2v) is 9.51. The number of ether oxygens (including phenoxy) is 1. The quantitative estimate of drug-likeness (QED) is 0.588. The fourth-order valence-electron chi connectivity index (χ4n) is 3.11. The summed E-state index contributed by atoms with van der Waals surface area (Å²) in [5, 5.41) is 0.107. The molecule has 2 aromatic carbocycles. The van der Waals surface area contributed by atoms with Gasteiger partial charge in [-0.3, -0.25) is 9.69 Å². The largest absolute Gasteiger partial charge is 0.379 e. The van der Waals surface area contributed by atoms with Gasteiger partial charge in [-0.2, -0.15) is 0 Å². The fourth-order valence-corrected chi connectivity index (χ4v) is 4.52. The lowest BCUT2D eigenvalue weighted by Crippen LogP contribution is -2.37. The van der Waals surface area contributed by atoms with Crippen LogP contribution in [0.1, 0.15) is 15.9 Å². The van der Waals surface area contributed by atoms with Crippen LogP contribution < -0.4 is 4.31 Å². The van der Waals surface area contributed by atoms with E-state index in [1.807, 2.05) is 4.90 Å². The van der Waals surface area contributed by atoms with Crippen LogP contribution in [0.3, 0.4) is 0 Å². The topological polar surface area (TPSA) is 66.9 Å².